The summed E-state index contributed by atoms with van der Waals surface area (Å²) >= 11 is 7.88. The lowest BCUT2D eigenvalue weighted by Crippen LogP contribution is -1.84. The van der Waals surface area contributed by atoms with Gasteiger partial charge in [0.2, 0.25) is 0 Å². The number of hydrogen-bond acceptors (Lipinski definition) is 2. The number of halogens is 2. The monoisotopic (exact) mass is 490 g/mol. The van der Waals surface area contributed by atoms with Crippen molar-refractivity contribution >= 4 is 67.0 Å². The molecule has 3 rings (SSSR count). The van der Waals surface area contributed by atoms with Gasteiger partial charge in [0, 0.05) is 20.5 Å². The maximum atomic E-state index is 4.65. The molecule has 0 bridgehead atoms. The van der Waals surface area contributed by atoms with Crippen LogP contribution in [0.2, 0.25) is 0 Å². The van der Waals surface area contributed by atoms with Gasteiger partial charge in [0.1, 0.15) is 0 Å². The number of fused-ring (bicyclic) bond motifs is 1. The Morgan fingerprint density at radius 2 is 2.05 bits per heavy atom. The van der Waals surface area contributed by atoms with Crippen LogP contribution in [0.4, 0.5) is 0 Å². The molecule has 1 aromatic heterocycles. The molecule has 1 unspecified atom stereocenters. The smallest absolute Gasteiger partial charge is 0.0754 e. The SMILES string of the molecule is Cc1nn(PI)c2cc(Br)cc(SCc3ccccc3)c12. The molecule has 0 aliphatic heterocycles. The number of hydrogen-bond donors (Lipinski definition) is 0. The molecule has 0 spiro atoms. The van der Waals surface area contributed by atoms with E-state index in [2.05, 4.69) is 96.9 Å². The molecule has 1 atom stereocenters. The van der Waals surface area contributed by atoms with E-state index in [1.54, 1.807) is 0 Å². The van der Waals surface area contributed by atoms with Crippen LogP contribution in [0.15, 0.2) is 51.8 Å². The lowest BCUT2D eigenvalue weighted by molar-refractivity contribution is 1.00. The molecule has 0 fully saturated rings. The predicted octanol–water partition coefficient (Wildman–Crippen LogP) is 6.19. The molecule has 0 N–H and O–H groups in total. The third-order valence-corrected chi connectivity index (χ3v) is 6.64. The molecule has 0 radical (unpaired) electrons. The Balaban J connectivity index is 2.00. The maximum Gasteiger partial charge on any atom is 0.0754 e. The minimum absolute atomic E-state index is 0.618. The first-order valence-corrected chi connectivity index (χ1v) is 12.3. The van der Waals surface area contributed by atoms with Crippen LogP contribution in [0.1, 0.15) is 11.3 Å². The molecule has 1 heterocycles. The largest absolute Gasteiger partial charge is 0.237 e. The van der Waals surface area contributed by atoms with Gasteiger partial charge < -0.3 is 0 Å². The van der Waals surface area contributed by atoms with Crippen molar-refractivity contribution in [1.29, 1.82) is 0 Å². The van der Waals surface area contributed by atoms with Crippen molar-refractivity contribution in [3.63, 3.8) is 0 Å². The summed E-state index contributed by atoms with van der Waals surface area (Å²) < 4.78 is 3.20. The van der Waals surface area contributed by atoms with Crippen LogP contribution in [0.25, 0.3) is 10.9 Å². The summed E-state index contributed by atoms with van der Waals surface area (Å²) in [7, 11) is 0. The van der Waals surface area contributed by atoms with Gasteiger partial charge in [-0.3, -0.25) is 0 Å². The van der Waals surface area contributed by atoms with Crippen molar-refractivity contribution < 1.29 is 0 Å². The van der Waals surface area contributed by atoms with Crippen molar-refractivity contribution in [2.75, 3.05) is 0 Å². The fraction of sp³-hybridized carbons (Fsp3) is 0.133. The van der Waals surface area contributed by atoms with Crippen LogP contribution in [-0.4, -0.2) is 9.55 Å². The van der Waals surface area contributed by atoms with E-state index in [1.807, 2.05) is 11.8 Å². The Kier molecular flexibility index (Phi) is 5.25. The van der Waals surface area contributed by atoms with Crippen molar-refractivity contribution in [3.8, 4) is 0 Å². The summed E-state index contributed by atoms with van der Waals surface area (Å²) in [4.78, 5) is 1.29. The molecule has 108 valence electrons. The second-order valence-corrected chi connectivity index (χ2v) is 8.63. The summed E-state index contributed by atoms with van der Waals surface area (Å²) in [5.74, 6) is 0.976. The lowest BCUT2D eigenvalue weighted by atomic mass is 10.2. The molecular formula is C15H13BrIN2PS. The summed E-state index contributed by atoms with van der Waals surface area (Å²) in [5.41, 5.74) is 3.67. The standard InChI is InChI=1S/C15H13BrIN2PS/c1-10-15-13(19(18-10)20-17)7-12(16)8-14(15)21-9-11-5-3-2-4-6-11/h2-8,20H,9H2,1H3. The summed E-state index contributed by atoms with van der Waals surface area (Å²) in [6.07, 6.45) is 0.618. The fourth-order valence-corrected chi connectivity index (χ4v) is 5.54. The van der Waals surface area contributed by atoms with Gasteiger partial charge >= 0.3 is 0 Å². The van der Waals surface area contributed by atoms with E-state index in [9.17, 15) is 0 Å². The van der Waals surface area contributed by atoms with Gasteiger partial charge in [-0.25, -0.2) is 4.45 Å². The zero-order chi connectivity index (χ0) is 14.8. The average Bonchev–Trinajstić information content (AvgIpc) is 2.82. The molecule has 2 nitrogen and oxygen atoms in total. The van der Waals surface area contributed by atoms with Gasteiger partial charge in [-0.1, -0.05) is 46.3 Å². The van der Waals surface area contributed by atoms with E-state index in [-0.39, 0.29) is 0 Å². The van der Waals surface area contributed by atoms with Crippen molar-refractivity contribution in [1.82, 2.24) is 9.55 Å². The Bertz CT molecular complexity index is 776. The van der Waals surface area contributed by atoms with Crippen molar-refractivity contribution in [2.24, 2.45) is 0 Å². The topological polar surface area (TPSA) is 17.8 Å². The quantitative estimate of drug-likeness (QED) is 0.246. The minimum atomic E-state index is 0.618. The van der Waals surface area contributed by atoms with E-state index >= 15 is 0 Å². The van der Waals surface area contributed by atoms with Gasteiger partial charge in [0.25, 0.3) is 0 Å². The molecule has 6 heteroatoms. The van der Waals surface area contributed by atoms with Crippen LogP contribution in [0.5, 0.6) is 0 Å². The minimum Gasteiger partial charge on any atom is -0.237 e. The number of aromatic nitrogens is 2. The summed E-state index contributed by atoms with van der Waals surface area (Å²) in [5, 5.41) is 5.93. The Morgan fingerprint density at radius 1 is 1.29 bits per heavy atom. The van der Waals surface area contributed by atoms with E-state index in [4.69, 9.17) is 0 Å². The second kappa shape index (κ2) is 6.99. The van der Waals surface area contributed by atoms with Gasteiger partial charge in [-0.15, -0.1) is 11.8 Å². The third kappa shape index (κ3) is 3.46. The summed E-state index contributed by atoms with van der Waals surface area (Å²) in [6, 6.07) is 14.9. The Labute approximate surface area is 151 Å². The van der Waals surface area contributed by atoms with E-state index in [0.29, 0.717) is 6.37 Å². The van der Waals surface area contributed by atoms with E-state index in [1.165, 1.54) is 21.4 Å². The number of thioether (sulfide) groups is 1. The molecule has 2 aromatic carbocycles. The summed E-state index contributed by atoms with van der Waals surface area (Å²) in [6.45, 7) is 2.09. The molecular weight excluding hydrogens is 478 g/mol. The normalized spacial score (nSPS) is 11.8. The van der Waals surface area contributed by atoms with E-state index < -0.39 is 0 Å². The molecule has 0 saturated carbocycles. The van der Waals surface area contributed by atoms with Crippen molar-refractivity contribution in [3.05, 3.63) is 58.2 Å². The fourth-order valence-electron chi connectivity index (χ4n) is 2.27. The molecule has 0 aliphatic carbocycles. The van der Waals surface area contributed by atoms with Gasteiger partial charge in [-0.2, -0.15) is 5.10 Å². The Morgan fingerprint density at radius 3 is 2.76 bits per heavy atom. The highest BCUT2D eigenvalue weighted by Crippen LogP contribution is 2.38. The third-order valence-electron chi connectivity index (χ3n) is 3.20. The number of nitrogens with zero attached hydrogens (tertiary/aromatic N) is 2. The number of rotatable bonds is 4. The molecule has 0 amide bonds. The highest BCUT2D eigenvalue weighted by molar-refractivity contribution is 14.2. The maximum absolute atomic E-state index is 4.65. The average molecular weight is 491 g/mol. The van der Waals surface area contributed by atoms with Gasteiger partial charge in [0.05, 0.1) is 17.6 Å². The van der Waals surface area contributed by atoms with Crippen LogP contribution in [0, 0.1) is 6.92 Å². The van der Waals surface area contributed by atoms with Crippen LogP contribution in [0.3, 0.4) is 0 Å². The zero-order valence-electron chi connectivity index (χ0n) is 11.3. The highest BCUT2D eigenvalue weighted by Gasteiger charge is 2.13. The van der Waals surface area contributed by atoms with Gasteiger partial charge in [0.15, 0.2) is 0 Å². The van der Waals surface area contributed by atoms with E-state index in [0.717, 1.165) is 15.9 Å². The first-order valence-electron chi connectivity index (χ1n) is 6.41. The first-order chi connectivity index (χ1) is 10.2. The molecule has 0 saturated heterocycles. The lowest BCUT2D eigenvalue weighted by Gasteiger charge is -2.06. The van der Waals surface area contributed by atoms with Crippen LogP contribution >= 0.6 is 56.1 Å². The first kappa shape index (κ1) is 15.8. The zero-order valence-corrected chi connectivity index (χ0v) is 16.9. The number of aryl methyl sites for hydroxylation is 1. The highest BCUT2D eigenvalue weighted by atomic mass is 127. The predicted molar refractivity (Wildman–Crippen MR) is 106 cm³/mol. The van der Waals surface area contributed by atoms with Crippen LogP contribution in [-0.2, 0) is 5.75 Å². The van der Waals surface area contributed by atoms with Gasteiger partial charge in [-0.05, 0) is 46.7 Å². The molecule has 21 heavy (non-hydrogen) atoms. The molecule has 0 aliphatic rings. The van der Waals surface area contributed by atoms with Crippen LogP contribution < -0.4 is 0 Å². The number of benzene rings is 2. The van der Waals surface area contributed by atoms with Crippen molar-refractivity contribution in [2.45, 2.75) is 17.6 Å². The Hall–Kier alpha value is -0.100. The second-order valence-electron chi connectivity index (χ2n) is 4.65. The molecule has 3 aromatic rings.